The minimum absolute atomic E-state index is 0.140. The molecule has 38 heavy (non-hydrogen) atoms. The number of carboxylic acids is 1. The van der Waals surface area contributed by atoms with E-state index in [-0.39, 0.29) is 30.0 Å². The summed E-state index contributed by atoms with van der Waals surface area (Å²) in [6, 6.07) is 13.9. The van der Waals surface area contributed by atoms with E-state index in [1.807, 2.05) is 37.3 Å². The zero-order valence-electron chi connectivity index (χ0n) is 21.4. The Kier molecular flexibility index (Phi) is 7.31. The van der Waals surface area contributed by atoms with Crippen LogP contribution in [0.1, 0.15) is 62.1 Å². The Morgan fingerprint density at radius 2 is 1.79 bits per heavy atom. The summed E-state index contributed by atoms with van der Waals surface area (Å²) in [5, 5.41) is 10.7. The summed E-state index contributed by atoms with van der Waals surface area (Å²) in [6.45, 7) is 2.08. The van der Waals surface area contributed by atoms with E-state index in [1.165, 1.54) is 4.31 Å². The van der Waals surface area contributed by atoms with Crippen LogP contribution in [0.5, 0.6) is 0 Å². The van der Waals surface area contributed by atoms with E-state index in [0.29, 0.717) is 35.7 Å². The number of halogens is 2. The van der Waals surface area contributed by atoms with Crippen LogP contribution >= 0.6 is 23.2 Å². The molecular formula is C28H32Cl2N2O5S. The van der Waals surface area contributed by atoms with Crippen molar-refractivity contribution in [1.82, 2.24) is 9.21 Å². The van der Waals surface area contributed by atoms with E-state index in [4.69, 9.17) is 23.2 Å². The first-order valence-electron chi connectivity index (χ1n) is 13.0. The fraction of sp³-hybridized carbons (Fsp3) is 0.500. The molecule has 3 fully saturated rings. The Morgan fingerprint density at radius 1 is 1.11 bits per heavy atom. The van der Waals surface area contributed by atoms with Gasteiger partial charge in [0.1, 0.15) is 0 Å². The number of likely N-dealkylation sites (N-methyl/N-ethyl adjacent to an activating group) is 1. The van der Waals surface area contributed by atoms with E-state index >= 15 is 0 Å². The summed E-state index contributed by atoms with van der Waals surface area (Å²) >= 11 is 12.6. The van der Waals surface area contributed by atoms with Gasteiger partial charge >= 0.3 is 5.97 Å². The number of carbonyl (C=O) groups is 2. The summed E-state index contributed by atoms with van der Waals surface area (Å²) in [5.74, 6) is -2.20. The standard InChI is InChI=1S/C28H32Cl2N2O5S/c1-3-21(16-31(2)38(36,37)22-11-12-22)32-25(17-7-9-19(29)10-8-17)23(18-5-4-6-20(30)13-18)14-28(27(32)35)15-24(28)26(33)34/h4-10,13,21-25H,3,11-12,14-16H2,1-2H3,(H,33,34)/t21?,23-,24?,25-,28+/m1/s1. The molecule has 1 heterocycles. The molecule has 2 aromatic carbocycles. The molecule has 2 unspecified atom stereocenters. The van der Waals surface area contributed by atoms with Crippen molar-refractivity contribution in [2.75, 3.05) is 13.6 Å². The Morgan fingerprint density at radius 3 is 2.34 bits per heavy atom. The Balaban J connectivity index is 1.63. The summed E-state index contributed by atoms with van der Waals surface area (Å²) in [7, 11) is -1.88. The maximum absolute atomic E-state index is 14.3. The monoisotopic (exact) mass is 578 g/mol. The molecular weight excluding hydrogens is 547 g/mol. The molecule has 1 saturated heterocycles. The van der Waals surface area contributed by atoms with Gasteiger partial charge in [-0.1, -0.05) is 54.4 Å². The number of hydrogen-bond donors (Lipinski definition) is 1. The molecule has 5 rings (SSSR count). The lowest BCUT2D eigenvalue weighted by molar-refractivity contribution is -0.154. The third-order valence-electron chi connectivity index (χ3n) is 8.50. The van der Waals surface area contributed by atoms with Crippen LogP contribution in [0.3, 0.4) is 0 Å². The highest BCUT2D eigenvalue weighted by Crippen LogP contribution is 2.65. The Bertz CT molecular complexity index is 1350. The summed E-state index contributed by atoms with van der Waals surface area (Å²) in [5.41, 5.74) is 0.753. The average Bonchev–Trinajstić information content (AvgIpc) is 3.80. The first-order valence-corrected chi connectivity index (χ1v) is 15.3. The Labute approximate surface area is 233 Å². The molecule has 10 heteroatoms. The molecule has 7 nitrogen and oxygen atoms in total. The van der Waals surface area contributed by atoms with Gasteiger partial charge in [-0.15, -0.1) is 0 Å². The molecule has 5 atom stereocenters. The topological polar surface area (TPSA) is 95.0 Å². The van der Waals surface area contributed by atoms with Gasteiger partial charge in [0, 0.05) is 35.6 Å². The molecule has 0 radical (unpaired) electrons. The van der Waals surface area contributed by atoms with Crippen molar-refractivity contribution < 1.29 is 23.1 Å². The van der Waals surface area contributed by atoms with Crippen molar-refractivity contribution in [2.45, 2.75) is 62.3 Å². The number of sulfonamides is 1. The van der Waals surface area contributed by atoms with Crippen molar-refractivity contribution in [3.05, 3.63) is 69.7 Å². The summed E-state index contributed by atoms with van der Waals surface area (Å²) < 4.78 is 27.4. The van der Waals surface area contributed by atoms with Gasteiger partial charge in [0.05, 0.1) is 22.6 Å². The fourth-order valence-corrected chi connectivity index (χ4v) is 8.12. The molecule has 3 aliphatic rings. The highest BCUT2D eigenvalue weighted by atomic mass is 35.5. The third-order valence-corrected chi connectivity index (χ3v) is 11.3. The maximum Gasteiger partial charge on any atom is 0.307 e. The normalized spacial score (nSPS) is 28.1. The lowest BCUT2D eigenvalue weighted by Crippen LogP contribution is -2.56. The van der Waals surface area contributed by atoms with Crippen molar-refractivity contribution in [1.29, 1.82) is 0 Å². The molecule has 204 valence electrons. The highest BCUT2D eigenvalue weighted by molar-refractivity contribution is 7.90. The van der Waals surface area contributed by atoms with Crippen LogP contribution in [-0.2, 0) is 19.6 Å². The number of likely N-dealkylation sites (tertiary alicyclic amines) is 1. The van der Waals surface area contributed by atoms with E-state index < -0.39 is 39.4 Å². The molecule has 2 aliphatic carbocycles. The average molecular weight is 580 g/mol. The predicted octanol–water partition coefficient (Wildman–Crippen LogP) is 5.34. The quantitative estimate of drug-likeness (QED) is 0.433. The van der Waals surface area contributed by atoms with Crippen LogP contribution in [0.25, 0.3) is 0 Å². The van der Waals surface area contributed by atoms with Gasteiger partial charge in [-0.05, 0) is 67.5 Å². The van der Waals surface area contributed by atoms with Gasteiger partial charge in [0.15, 0.2) is 0 Å². The second kappa shape index (κ2) is 10.1. The SMILES string of the molecule is CCC(CN(C)S(=O)(=O)C1CC1)N1C(=O)[C@]2(CC2C(=O)O)C[C@H](c2cccc(Cl)c2)[C@H]1c1ccc(Cl)cc1. The van der Waals surface area contributed by atoms with Crippen LogP contribution < -0.4 is 0 Å². The number of carboxylic acid groups (broad SMARTS) is 1. The highest BCUT2D eigenvalue weighted by Gasteiger charge is 2.69. The largest absolute Gasteiger partial charge is 0.481 e. The summed E-state index contributed by atoms with van der Waals surface area (Å²) in [4.78, 5) is 28.2. The number of amides is 1. The summed E-state index contributed by atoms with van der Waals surface area (Å²) in [6.07, 6.45) is 2.46. The number of aliphatic carboxylic acids is 1. The number of benzene rings is 2. The molecule has 1 aliphatic heterocycles. The molecule has 1 amide bonds. The molecule has 0 aromatic heterocycles. The lowest BCUT2D eigenvalue weighted by atomic mass is 9.72. The van der Waals surface area contributed by atoms with E-state index in [1.54, 1.807) is 30.1 Å². The number of rotatable bonds is 9. The van der Waals surface area contributed by atoms with Crippen LogP contribution in [0.4, 0.5) is 0 Å². The first-order chi connectivity index (χ1) is 18.0. The fourth-order valence-electron chi connectivity index (χ4n) is 6.18. The minimum atomic E-state index is -3.46. The molecule has 1 spiro atoms. The first kappa shape index (κ1) is 27.4. The van der Waals surface area contributed by atoms with Crippen molar-refractivity contribution >= 4 is 45.1 Å². The van der Waals surface area contributed by atoms with Crippen LogP contribution in [0, 0.1) is 11.3 Å². The second-order valence-electron chi connectivity index (χ2n) is 10.9. The number of nitrogens with zero attached hydrogens (tertiary/aromatic N) is 2. The van der Waals surface area contributed by atoms with Gasteiger partial charge in [0.2, 0.25) is 15.9 Å². The molecule has 2 saturated carbocycles. The lowest BCUT2D eigenvalue weighted by Gasteiger charge is -2.49. The van der Waals surface area contributed by atoms with Crippen molar-refractivity contribution in [2.24, 2.45) is 11.3 Å². The van der Waals surface area contributed by atoms with Gasteiger partial charge in [-0.3, -0.25) is 9.59 Å². The van der Waals surface area contributed by atoms with E-state index in [0.717, 1.165) is 11.1 Å². The van der Waals surface area contributed by atoms with Gasteiger partial charge < -0.3 is 10.0 Å². The smallest absolute Gasteiger partial charge is 0.307 e. The van der Waals surface area contributed by atoms with Gasteiger partial charge in [0.25, 0.3) is 0 Å². The van der Waals surface area contributed by atoms with Gasteiger partial charge in [-0.25, -0.2) is 12.7 Å². The number of piperidine rings is 1. The second-order valence-corrected chi connectivity index (χ2v) is 14.1. The Hall–Kier alpha value is -2.13. The predicted molar refractivity (Wildman–Crippen MR) is 147 cm³/mol. The van der Waals surface area contributed by atoms with E-state index in [9.17, 15) is 23.1 Å². The number of hydrogen-bond acceptors (Lipinski definition) is 4. The maximum atomic E-state index is 14.3. The molecule has 1 N–H and O–H groups in total. The zero-order valence-corrected chi connectivity index (χ0v) is 23.7. The molecule has 2 aromatic rings. The van der Waals surface area contributed by atoms with Crippen LogP contribution in [-0.4, -0.2) is 59.5 Å². The third kappa shape index (κ3) is 4.85. The van der Waals surface area contributed by atoms with Crippen LogP contribution in [0.15, 0.2) is 48.5 Å². The number of carbonyl (C=O) groups excluding carboxylic acids is 1. The van der Waals surface area contributed by atoms with Crippen molar-refractivity contribution in [3.63, 3.8) is 0 Å². The van der Waals surface area contributed by atoms with E-state index in [2.05, 4.69) is 0 Å². The molecule has 0 bridgehead atoms. The minimum Gasteiger partial charge on any atom is -0.481 e. The van der Waals surface area contributed by atoms with Crippen LogP contribution in [0.2, 0.25) is 10.0 Å². The van der Waals surface area contributed by atoms with Crippen molar-refractivity contribution in [3.8, 4) is 0 Å². The van der Waals surface area contributed by atoms with Gasteiger partial charge in [-0.2, -0.15) is 0 Å². The zero-order chi connectivity index (χ0) is 27.4.